The Bertz CT molecular complexity index is 494. The molecule has 0 amide bonds. The van der Waals surface area contributed by atoms with E-state index in [1.165, 1.54) is 31.2 Å². The van der Waals surface area contributed by atoms with Crippen LogP contribution in [0.5, 0.6) is 5.75 Å². The van der Waals surface area contributed by atoms with Gasteiger partial charge in [-0.1, -0.05) is 12.1 Å². The lowest BCUT2D eigenvalue weighted by atomic mass is 10.00. The third-order valence-electron chi connectivity index (χ3n) is 3.11. The summed E-state index contributed by atoms with van der Waals surface area (Å²) in [7, 11) is 0. The number of nitro groups is 1. The molecule has 0 saturated carbocycles. The van der Waals surface area contributed by atoms with E-state index in [1.54, 1.807) is 0 Å². The molecule has 1 saturated heterocycles. The Hall–Kier alpha value is -1.74. The molecule has 0 spiro atoms. The molecule has 1 fully saturated rings. The highest BCUT2D eigenvalue weighted by Gasteiger charge is 2.43. The van der Waals surface area contributed by atoms with Crippen molar-refractivity contribution in [2.45, 2.75) is 37.6 Å². The molecule has 1 aliphatic rings. The van der Waals surface area contributed by atoms with E-state index in [0.29, 0.717) is 0 Å². The Kier molecular flexibility index (Phi) is 4.19. The first-order valence-electron chi connectivity index (χ1n) is 6.01. The lowest BCUT2D eigenvalue weighted by Gasteiger charge is -2.38. The Morgan fingerprint density at radius 3 is 2.50 bits per heavy atom. The van der Waals surface area contributed by atoms with E-state index in [9.17, 15) is 25.4 Å². The van der Waals surface area contributed by atoms with Gasteiger partial charge < -0.3 is 24.8 Å². The van der Waals surface area contributed by atoms with Crippen molar-refractivity contribution in [3.63, 3.8) is 0 Å². The normalized spacial score (nSPS) is 33.7. The van der Waals surface area contributed by atoms with Crippen LogP contribution >= 0.6 is 0 Å². The van der Waals surface area contributed by atoms with Crippen LogP contribution in [-0.2, 0) is 4.74 Å². The van der Waals surface area contributed by atoms with E-state index in [0.717, 1.165) is 0 Å². The van der Waals surface area contributed by atoms with Crippen molar-refractivity contribution in [1.82, 2.24) is 0 Å². The molecular formula is C12H15NO7. The molecule has 0 bridgehead atoms. The van der Waals surface area contributed by atoms with Gasteiger partial charge in [0.2, 0.25) is 6.29 Å². The molecule has 110 valence electrons. The molecule has 1 aliphatic heterocycles. The maximum absolute atomic E-state index is 10.9. The number of hydrogen-bond acceptors (Lipinski definition) is 7. The third-order valence-corrected chi connectivity index (χ3v) is 3.11. The third kappa shape index (κ3) is 2.73. The molecule has 8 heteroatoms. The summed E-state index contributed by atoms with van der Waals surface area (Å²) in [6.07, 6.45) is -6.30. The van der Waals surface area contributed by atoms with Gasteiger partial charge in [0.05, 0.1) is 11.0 Å². The maximum atomic E-state index is 10.9. The molecule has 0 aromatic heterocycles. The van der Waals surface area contributed by atoms with Gasteiger partial charge in [-0.3, -0.25) is 10.1 Å². The second kappa shape index (κ2) is 5.71. The smallest absolute Gasteiger partial charge is 0.311 e. The van der Waals surface area contributed by atoms with E-state index in [4.69, 9.17) is 9.47 Å². The summed E-state index contributed by atoms with van der Waals surface area (Å²) in [5.74, 6) is -0.0858. The fraction of sp³-hybridized carbons (Fsp3) is 0.500. The van der Waals surface area contributed by atoms with Gasteiger partial charge in [-0.25, -0.2) is 0 Å². The largest absolute Gasteiger partial charge is 0.455 e. The lowest BCUT2D eigenvalue weighted by Crippen LogP contribution is -2.58. The molecule has 1 aromatic carbocycles. The topological polar surface area (TPSA) is 122 Å². The first kappa shape index (κ1) is 14.7. The minimum atomic E-state index is -1.51. The van der Waals surface area contributed by atoms with Crippen LogP contribution in [0.2, 0.25) is 0 Å². The number of ether oxygens (including phenoxy) is 2. The van der Waals surface area contributed by atoms with Crippen molar-refractivity contribution < 1.29 is 29.7 Å². The maximum Gasteiger partial charge on any atom is 0.311 e. The Balaban J connectivity index is 2.20. The lowest BCUT2D eigenvalue weighted by molar-refractivity contribution is -0.387. The zero-order chi connectivity index (χ0) is 14.9. The van der Waals surface area contributed by atoms with Crippen molar-refractivity contribution in [3.05, 3.63) is 34.4 Å². The Morgan fingerprint density at radius 2 is 1.85 bits per heavy atom. The van der Waals surface area contributed by atoms with Crippen LogP contribution < -0.4 is 4.74 Å². The van der Waals surface area contributed by atoms with E-state index in [1.807, 2.05) is 0 Å². The van der Waals surface area contributed by atoms with Crippen LogP contribution in [0, 0.1) is 10.1 Å². The number of nitro benzene ring substituents is 1. The minimum absolute atomic E-state index is 0.0858. The van der Waals surface area contributed by atoms with Crippen molar-refractivity contribution >= 4 is 5.69 Å². The van der Waals surface area contributed by atoms with Crippen molar-refractivity contribution in [2.75, 3.05) is 0 Å². The van der Waals surface area contributed by atoms with Gasteiger partial charge in [0.15, 0.2) is 5.75 Å². The predicted molar refractivity (Wildman–Crippen MR) is 66.1 cm³/mol. The van der Waals surface area contributed by atoms with Gasteiger partial charge in [0.1, 0.15) is 18.3 Å². The summed E-state index contributed by atoms with van der Waals surface area (Å²) in [4.78, 5) is 10.2. The molecular weight excluding hydrogens is 270 g/mol. The van der Waals surface area contributed by atoms with E-state index < -0.39 is 35.6 Å². The van der Waals surface area contributed by atoms with Crippen LogP contribution in [0.15, 0.2) is 24.3 Å². The van der Waals surface area contributed by atoms with Crippen LogP contribution in [0.4, 0.5) is 5.69 Å². The number of nitrogens with zero attached hydrogens (tertiary/aromatic N) is 1. The fourth-order valence-electron chi connectivity index (χ4n) is 1.94. The molecule has 8 nitrogen and oxygen atoms in total. The van der Waals surface area contributed by atoms with Crippen molar-refractivity contribution in [2.24, 2.45) is 0 Å². The quantitative estimate of drug-likeness (QED) is 0.519. The average molecular weight is 285 g/mol. The standard InChI is InChI=1S/C12H15NO7/c1-6-9(14)10(15)11(16)12(19-6)20-8-5-3-2-4-7(8)13(17)18/h2-6,9-12,14-16H,1H3/t6-,9+,10+,11-,12+/m1/s1. The van der Waals surface area contributed by atoms with Crippen molar-refractivity contribution in [1.29, 1.82) is 0 Å². The van der Waals surface area contributed by atoms with Crippen LogP contribution in [-0.4, -0.2) is 50.9 Å². The summed E-state index contributed by atoms with van der Waals surface area (Å²) in [6.45, 7) is 1.50. The van der Waals surface area contributed by atoms with Gasteiger partial charge in [0, 0.05) is 6.07 Å². The second-order valence-corrected chi connectivity index (χ2v) is 4.52. The van der Waals surface area contributed by atoms with Crippen LogP contribution in [0.25, 0.3) is 0 Å². The first-order valence-corrected chi connectivity index (χ1v) is 6.01. The van der Waals surface area contributed by atoms with Crippen LogP contribution in [0.3, 0.4) is 0 Å². The monoisotopic (exact) mass is 285 g/mol. The number of benzene rings is 1. The number of rotatable bonds is 3. The van der Waals surface area contributed by atoms with E-state index in [-0.39, 0.29) is 11.4 Å². The second-order valence-electron chi connectivity index (χ2n) is 4.52. The zero-order valence-corrected chi connectivity index (χ0v) is 10.6. The molecule has 20 heavy (non-hydrogen) atoms. The highest BCUT2D eigenvalue weighted by molar-refractivity contribution is 5.45. The van der Waals surface area contributed by atoms with Gasteiger partial charge >= 0.3 is 5.69 Å². The zero-order valence-electron chi connectivity index (χ0n) is 10.6. The van der Waals surface area contributed by atoms with Gasteiger partial charge in [-0.05, 0) is 13.0 Å². The number of hydrogen-bond donors (Lipinski definition) is 3. The molecule has 1 aromatic rings. The Morgan fingerprint density at radius 1 is 1.20 bits per heavy atom. The fourth-order valence-corrected chi connectivity index (χ4v) is 1.94. The highest BCUT2D eigenvalue weighted by Crippen LogP contribution is 2.30. The molecule has 0 aliphatic carbocycles. The SMILES string of the molecule is C[C@H]1O[C@@H](Oc2ccccc2[N+](=O)[O-])[C@H](O)[C@@H](O)[C@H]1O. The van der Waals surface area contributed by atoms with Gasteiger partial charge in [-0.2, -0.15) is 0 Å². The highest BCUT2D eigenvalue weighted by atomic mass is 16.7. The van der Waals surface area contributed by atoms with Crippen molar-refractivity contribution in [3.8, 4) is 5.75 Å². The van der Waals surface area contributed by atoms with E-state index in [2.05, 4.69) is 0 Å². The summed E-state index contributed by atoms with van der Waals surface area (Å²) in [5.41, 5.74) is -0.281. The number of aliphatic hydroxyl groups is 3. The molecule has 0 unspecified atom stereocenters. The number of aliphatic hydroxyl groups excluding tert-OH is 3. The van der Waals surface area contributed by atoms with Crippen LogP contribution in [0.1, 0.15) is 6.92 Å². The molecule has 1 heterocycles. The molecule has 0 radical (unpaired) electrons. The first-order chi connectivity index (χ1) is 9.41. The predicted octanol–water partition coefficient (Wildman–Crippen LogP) is -0.199. The summed E-state index contributed by atoms with van der Waals surface area (Å²) < 4.78 is 10.5. The number of para-hydroxylation sites is 2. The summed E-state index contributed by atoms with van der Waals surface area (Å²) in [6, 6.07) is 5.62. The average Bonchev–Trinajstić information content (AvgIpc) is 2.43. The molecule has 3 N–H and O–H groups in total. The van der Waals surface area contributed by atoms with Gasteiger partial charge in [0.25, 0.3) is 0 Å². The molecule has 2 rings (SSSR count). The summed E-state index contributed by atoms with van der Waals surface area (Å²) in [5, 5.41) is 39.8. The van der Waals surface area contributed by atoms with Gasteiger partial charge in [-0.15, -0.1) is 0 Å². The minimum Gasteiger partial charge on any atom is -0.455 e. The van der Waals surface area contributed by atoms with E-state index >= 15 is 0 Å². The summed E-state index contributed by atoms with van der Waals surface area (Å²) >= 11 is 0. The molecule has 5 atom stereocenters. The Labute approximate surface area is 114 Å².